The number of benzene rings is 2. The summed E-state index contributed by atoms with van der Waals surface area (Å²) in [4.78, 5) is 14.2. The number of para-hydroxylation sites is 1. The van der Waals surface area contributed by atoms with Crippen molar-refractivity contribution in [2.24, 2.45) is 0 Å². The average Bonchev–Trinajstić information content (AvgIpc) is 2.58. The van der Waals surface area contributed by atoms with Gasteiger partial charge in [-0.15, -0.1) is 0 Å². The number of hydrogen-bond donors (Lipinski definition) is 1. The number of nitrogens with one attached hydrogen (secondary N) is 1. The van der Waals surface area contributed by atoms with Crippen molar-refractivity contribution in [3.8, 4) is 11.5 Å². The predicted octanol–water partition coefficient (Wildman–Crippen LogP) is 3.77. The van der Waals surface area contributed by atoms with Crippen LogP contribution in [0.5, 0.6) is 11.5 Å². The van der Waals surface area contributed by atoms with Gasteiger partial charge in [-0.05, 0) is 44.2 Å². The van der Waals surface area contributed by atoms with Gasteiger partial charge < -0.3 is 14.4 Å². The first-order valence-corrected chi connectivity index (χ1v) is 8.18. The summed E-state index contributed by atoms with van der Waals surface area (Å²) in [7, 11) is 2.12. The fraction of sp³-hybridized carbons (Fsp3) is 0.316. The largest absolute Gasteiger partial charge is 0.490 e. The molecule has 1 fully saturated rings. The van der Waals surface area contributed by atoms with Gasteiger partial charge in [0.05, 0.1) is 0 Å². The molecule has 1 N–H and O–H groups in total. The molecule has 126 valence electrons. The van der Waals surface area contributed by atoms with E-state index in [0.717, 1.165) is 31.7 Å². The van der Waals surface area contributed by atoms with Gasteiger partial charge in [-0.25, -0.2) is 4.79 Å². The summed E-state index contributed by atoms with van der Waals surface area (Å²) in [5.41, 5.74) is 0.654. The lowest BCUT2D eigenvalue weighted by Crippen LogP contribution is -2.35. The van der Waals surface area contributed by atoms with Gasteiger partial charge in [0.1, 0.15) is 17.6 Å². The number of piperidine rings is 1. The topological polar surface area (TPSA) is 50.8 Å². The first-order valence-electron chi connectivity index (χ1n) is 8.18. The molecule has 0 radical (unpaired) electrons. The minimum atomic E-state index is -0.516. The van der Waals surface area contributed by atoms with E-state index in [9.17, 15) is 4.79 Å². The number of likely N-dealkylation sites (tertiary alicyclic amines) is 1. The summed E-state index contributed by atoms with van der Waals surface area (Å²) in [6, 6.07) is 16.4. The van der Waals surface area contributed by atoms with E-state index in [2.05, 4.69) is 17.3 Å². The van der Waals surface area contributed by atoms with Crippen LogP contribution in [0.15, 0.2) is 54.6 Å². The summed E-state index contributed by atoms with van der Waals surface area (Å²) in [5, 5.41) is 2.73. The van der Waals surface area contributed by atoms with Crippen LogP contribution in [0.1, 0.15) is 12.8 Å². The second-order valence-corrected chi connectivity index (χ2v) is 5.98. The highest BCUT2D eigenvalue weighted by molar-refractivity contribution is 5.86. The maximum absolute atomic E-state index is 11.9. The molecule has 0 atom stereocenters. The van der Waals surface area contributed by atoms with Gasteiger partial charge in [-0.3, -0.25) is 5.32 Å². The third kappa shape index (κ3) is 4.73. The summed E-state index contributed by atoms with van der Waals surface area (Å²) >= 11 is 0. The van der Waals surface area contributed by atoms with Crippen molar-refractivity contribution in [3.63, 3.8) is 0 Å². The molecule has 2 aromatic rings. The Balaban J connectivity index is 1.55. The van der Waals surface area contributed by atoms with Crippen LogP contribution in [0.4, 0.5) is 10.5 Å². The Morgan fingerprint density at radius 2 is 1.75 bits per heavy atom. The van der Waals surface area contributed by atoms with E-state index in [-0.39, 0.29) is 6.10 Å². The Morgan fingerprint density at radius 1 is 1.04 bits per heavy atom. The smallest absolute Gasteiger partial charge is 0.417 e. The lowest BCUT2D eigenvalue weighted by atomic mass is 10.1. The van der Waals surface area contributed by atoms with Gasteiger partial charge in [0.15, 0.2) is 0 Å². The molecule has 0 bridgehead atoms. The molecule has 0 saturated carbocycles. The second-order valence-electron chi connectivity index (χ2n) is 5.98. The van der Waals surface area contributed by atoms with E-state index in [1.54, 1.807) is 12.1 Å². The first kappa shape index (κ1) is 16.3. The van der Waals surface area contributed by atoms with Crippen molar-refractivity contribution in [1.82, 2.24) is 4.90 Å². The molecule has 24 heavy (non-hydrogen) atoms. The number of anilines is 1. The Labute approximate surface area is 142 Å². The van der Waals surface area contributed by atoms with Crippen LogP contribution >= 0.6 is 0 Å². The highest BCUT2D eigenvalue weighted by Crippen LogP contribution is 2.22. The van der Waals surface area contributed by atoms with Crippen LogP contribution in [0.2, 0.25) is 0 Å². The molecule has 0 aromatic heterocycles. The zero-order valence-corrected chi connectivity index (χ0v) is 13.8. The van der Waals surface area contributed by atoms with Gasteiger partial charge in [-0.1, -0.05) is 24.3 Å². The maximum Gasteiger partial charge on any atom is 0.417 e. The fourth-order valence-electron chi connectivity index (χ4n) is 2.68. The van der Waals surface area contributed by atoms with Crippen LogP contribution in [-0.2, 0) is 0 Å². The molecule has 3 rings (SSSR count). The number of carbonyl (C=O) groups excluding carboxylic acids is 1. The molecule has 1 amide bonds. The van der Waals surface area contributed by atoms with E-state index in [1.807, 2.05) is 42.5 Å². The summed E-state index contributed by atoms with van der Waals surface area (Å²) in [6.45, 7) is 2.10. The number of carbonyl (C=O) groups is 1. The summed E-state index contributed by atoms with van der Waals surface area (Å²) < 4.78 is 11.2. The van der Waals surface area contributed by atoms with Gasteiger partial charge in [0, 0.05) is 24.8 Å². The van der Waals surface area contributed by atoms with Gasteiger partial charge >= 0.3 is 6.09 Å². The van der Waals surface area contributed by atoms with Crippen molar-refractivity contribution in [1.29, 1.82) is 0 Å². The number of amides is 1. The van der Waals surface area contributed by atoms with Crippen LogP contribution in [0, 0.1) is 0 Å². The molecule has 1 heterocycles. The van der Waals surface area contributed by atoms with Gasteiger partial charge in [0.2, 0.25) is 0 Å². The highest BCUT2D eigenvalue weighted by atomic mass is 16.6. The first-order chi connectivity index (χ1) is 11.7. The molecular weight excluding hydrogens is 304 g/mol. The van der Waals surface area contributed by atoms with Crippen LogP contribution in [0.3, 0.4) is 0 Å². The Morgan fingerprint density at radius 3 is 2.50 bits per heavy atom. The monoisotopic (exact) mass is 326 g/mol. The number of nitrogens with zero attached hydrogens (tertiary/aromatic N) is 1. The minimum Gasteiger partial charge on any atom is -0.490 e. The number of hydrogen-bond acceptors (Lipinski definition) is 4. The average molecular weight is 326 g/mol. The zero-order valence-electron chi connectivity index (χ0n) is 13.8. The van der Waals surface area contributed by atoms with Crippen molar-refractivity contribution < 1.29 is 14.3 Å². The Kier molecular flexibility index (Phi) is 5.33. The minimum absolute atomic E-state index is 0.229. The van der Waals surface area contributed by atoms with E-state index < -0.39 is 6.09 Å². The zero-order chi connectivity index (χ0) is 16.8. The SMILES string of the molecule is CN1CCC(Oc2cccc(NC(=O)Oc3ccccc3)c2)CC1. The van der Waals surface area contributed by atoms with Gasteiger partial charge in [0.25, 0.3) is 0 Å². The lowest BCUT2D eigenvalue weighted by molar-refractivity contribution is 0.114. The molecule has 1 aliphatic rings. The van der Waals surface area contributed by atoms with E-state index in [0.29, 0.717) is 11.4 Å². The van der Waals surface area contributed by atoms with E-state index >= 15 is 0 Å². The van der Waals surface area contributed by atoms with Crippen molar-refractivity contribution in [3.05, 3.63) is 54.6 Å². The Bertz CT molecular complexity index is 667. The quantitative estimate of drug-likeness (QED) is 0.929. The third-order valence-electron chi connectivity index (χ3n) is 4.00. The molecule has 2 aromatic carbocycles. The molecule has 5 heteroatoms. The fourth-order valence-corrected chi connectivity index (χ4v) is 2.68. The molecular formula is C19H22N2O3. The molecule has 0 spiro atoms. The molecule has 1 saturated heterocycles. The molecule has 1 aliphatic heterocycles. The van der Waals surface area contributed by atoms with E-state index in [1.165, 1.54) is 0 Å². The number of ether oxygens (including phenoxy) is 2. The molecule has 0 unspecified atom stereocenters. The maximum atomic E-state index is 11.9. The van der Waals surface area contributed by atoms with Crippen molar-refractivity contribution in [2.75, 3.05) is 25.5 Å². The number of rotatable bonds is 4. The Hall–Kier alpha value is -2.53. The predicted molar refractivity (Wildman–Crippen MR) is 93.7 cm³/mol. The third-order valence-corrected chi connectivity index (χ3v) is 4.00. The highest BCUT2D eigenvalue weighted by Gasteiger charge is 2.18. The van der Waals surface area contributed by atoms with Crippen LogP contribution in [0.25, 0.3) is 0 Å². The van der Waals surface area contributed by atoms with Crippen molar-refractivity contribution >= 4 is 11.8 Å². The molecule has 0 aliphatic carbocycles. The summed E-state index contributed by atoms with van der Waals surface area (Å²) in [6.07, 6.45) is 1.75. The van der Waals surface area contributed by atoms with Crippen molar-refractivity contribution in [2.45, 2.75) is 18.9 Å². The van der Waals surface area contributed by atoms with Crippen LogP contribution < -0.4 is 14.8 Å². The van der Waals surface area contributed by atoms with E-state index in [4.69, 9.17) is 9.47 Å². The summed E-state index contributed by atoms with van der Waals surface area (Å²) in [5.74, 6) is 1.27. The molecule has 5 nitrogen and oxygen atoms in total. The second kappa shape index (κ2) is 7.84. The standard InChI is InChI=1S/C19H22N2O3/c1-21-12-10-17(11-13-21)23-18-9-5-6-15(14-18)20-19(22)24-16-7-3-2-4-8-16/h2-9,14,17H,10-13H2,1H3,(H,20,22). The van der Waals surface area contributed by atoms with Gasteiger partial charge in [-0.2, -0.15) is 0 Å². The van der Waals surface area contributed by atoms with Crippen LogP contribution in [-0.4, -0.2) is 37.2 Å². The normalized spacial score (nSPS) is 15.7. The lowest BCUT2D eigenvalue weighted by Gasteiger charge is -2.29.